The predicted octanol–water partition coefficient (Wildman–Crippen LogP) is 4.99. The van der Waals surface area contributed by atoms with E-state index in [1.165, 1.54) is 32.7 Å². The number of benzene rings is 3. The van der Waals surface area contributed by atoms with Crippen molar-refractivity contribution in [1.82, 2.24) is 5.32 Å². The molecule has 4 heteroatoms. The Hall–Kier alpha value is -4.31. The van der Waals surface area contributed by atoms with Gasteiger partial charge in [-0.25, -0.2) is 0 Å². The molecule has 0 spiro atoms. The first-order valence-corrected chi connectivity index (χ1v) is 12.9. The van der Waals surface area contributed by atoms with Crippen LogP contribution in [0.15, 0.2) is 90.8 Å². The monoisotopic (exact) mass is 485 g/mol. The third-order valence-electron chi connectivity index (χ3n) is 8.07. The van der Waals surface area contributed by atoms with Crippen molar-refractivity contribution >= 4 is 17.9 Å². The first-order valence-electron chi connectivity index (χ1n) is 12.9. The second-order valence-corrected chi connectivity index (χ2v) is 10.1. The molecule has 37 heavy (non-hydrogen) atoms. The second kappa shape index (κ2) is 8.67. The molecule has 7 rings (SSSR count). The number of hydrogen-bond donors (Lipinski definition) is 1. The van der Waals surface area contributed by atoms with Crippen LogP contribution in [0.4, 0.5) is 0 Å². The number of hydrogen-bond acceptors (Lipinski definition) is 4. The topological polar surface area (TPSA) is 47.6 Å². The number of Topliss-reactive ketones (excluding diaryl/α,β-unsaturated/α-hetero) is 1. The summed E-state index contributed by atoms with van der Waals surface area (Å²) in [4.78, 5) is 14.1. The number of nitrogens with one attached hydrogen (secondary N) is 1. The lowest BCUT2D eigenvalue weighted by molar-refractivity contribution is 0.0914. The fourth-order valence-electron chi connectivity index (χ4n) is 6.23. The lowest BCUT2D eigenvalue weighted by Crippen LogP contribution is -2.43. The highest BCUT2D eigenvalue weighted by molar-refractivity contribution is 6.02. The summed E-state index contributed by atoms with van der Waals surface area (Å²) in [5.41, 5.74) is 6.88. The molecule has 0 saturated carbocycles. The van der Waals surface area contributed by atoms with Gasteiger partial charge >= 0.3 is 0 Å². The van der Waals surface area contributed by atoms with Crippen molar-refractivity contribution < 1.29 is 14.3 Å². The van der Waals surface area contributed by atoms with E-state index in [0.29, 0.717) is 17.1 Å². The Balaban J connectivity index is 1.42. The third kappa shape index (κ3) is 3.55. The summed E-state index contributed by atoms with van der Waals surface area (Å²) < 4.78 is 11.0. The molecule has 3 atom stereocenters. The lowest BCUT2D eigenvalue weighted by Gasteiger charge is -2.35. The minimum Gasteiger partial charge on any atom is -0.454 e. The van der Waals surface area contributed by atoms with Gasteiger partial charge in [0.2, 0.25) is 6.79 Å². The maximum absolute atomic E-state index is 14.1. The molecule has 0 radical (unpaired) electrons. The van der Waals surface area contributed by atoms with Crippen molar-refractivity contribution in [1.29, 1.82) is 0 Å². The Morgan fingerprint density at radius 1 is 0.919 bits per heavy atom. The van der Waals surface area contributed by atoms with Gasteiger partial charge in [0.25, 0.3) is 0 Å². The van der Waals surface area contributed by atoms with E-state index < -0.39 is 0 Å². The second-order valence-electron chi connectivity index (χ2n) is 10.1. The molecule has 4 aliphatic rings. The summed E-state index contributed by atoms with van der Waals surface area (Å²) in [7, 11) is 0. The van der Waals surface area contributed by atoms with E-state index in [9.17, 15) is 4.79 Å². The number of carbonyl (C=O) groups excluding carboxylic acids is 1. The Kier molecular flexibility index (Phi) is 5.14. The van der Waals surface area contributed by atoms with Crippen LogP contribution in [0.3, 0.4) is 0 Å². The minimum atomic E-state index is -0.283. The molecular formula is C33H27NO3. The zero-order valence-electron chi connectivity index (χ0n) is 20.6. The van der Waals surface area contributed by atoms with Crippen molar-refractivity contribution in [2.75, 3.05) is 6.79 Å². The van der Waals surface area contributed by atoms with E-state index in [1.54, 1.807) is 0 Å². The molecule has 3 aromatic carbocycles. The van der Waals surface area contributed by atoms with Gasteiger partial charge in [0, 0.05) is 29.3 Å². The molecule has 3 unspecified atom stereocenters. The highest BCUT2D eigenvalue weighted by Crippen LogP contribution is 2.41. The fraction of sp³-hybridized carbons (Fsp3) is 0.182. The molecular weight excluding hydrogens is 458 g/mol. The molecule has 3 aromatic rings. The van der Waals surface area contributed by atoms with Gasteiger partial charge in [0.15, 0.2) is 17.3 Å². The molecule has 0 fully saturated rings. The molecule has 2 aliphatic carbocycles. The minimum absolute atomic E-state index is 0.0474. The van der Waals surface area contributed by atoms with Gasteiger partial charge in [-0.15, -0.1) is 0 Å². The SMILES string of the molecule is CC1C(C(=O)c2ccc3c(c2)OCO3)C=c2c(ccc3c2=CCc2ccccc2-3)C1C1=CC=CC=CN1. The van der Waals surface area contributed by atoms with Crippen LogP contribution in [0.2, 0.25) is 0 Å². The fourth-order valence-corrected chi connectivity index (χ4v) is 6.23. The first kappa shape index (κ1) is 21.9. The summed E-state index contributed by atoms with van der Waals surface area (Å²) in [6.07, 6.45) is 15.6. The van der Waals surface area contributed by atoms with Crippen molar-refractivity contribution in [2.45, 2.75) is 19.3 Å². The molecule has 0 aromatic heterocycles. The van der Waals surface area contributed by atoms with E-state index in [1.807, 2.05) is 36.6 Å². The average molecular weight is 486 g/mol. The van der Waals surface area contributed by atoms with Gasteiger partial charge in [-0.3, -0.25) is 4.79 Å². The smallest absolute Gasteiger partial charge is 0.231 e. The molecule has 1 N–H and O–H groups in total. The Morgan fingerprint density at radius 2 is 1.81 bits per heavy atom. The van der Waals surface area contributed by atoms with Crippen LogP contribution >= 0.6 is 0 Å². The zero-order valence-corrected chi connectivity index (χ0v) is 20.6. The lowest BCUT2D eigenvalue weighted by atomic mass is 9.69. The normalized spacial score (nSPS) is 22.3. The summed E-state index contributed by atoms with van der Waals surface area (Å²) >= 11 is 0. The van der Waals surface area contributed by atoms with Crippen LogP contribution in [0.1, 0.15) is 34.3 Å². The van der Waals surface area contributed by atoms with Crippen molar-refractivity contribution in [3.8, 4) is 22.6 Å². The molecule has 0 bridgehead atoms. The average Bonchev–Trinajstić information content (AvgIpc) is 3.25. The van der Waals surface area contributed by atoms with Gasteiger partial charge in [0.1, 0.15) is 0 Å². The van der Waals surface area contributed by atoms with Crippen LogP contribution in [0.5, 0.6) is 11.5 Å². The number of carbonyl (C=O) groups is 1. The van der Waals surface area contributed by atoms with Crippen molar-refractivity contribution in [2.24, 2.45) is 11.8 Å². The highest BCUT2D eigenvalue weighted by atomic mass is 16.7. The van der Waals surface area contributed by atoms with Gasteiger partial charge in [0.05, 0.1) is 0 Å². The van der Waals surface area contributed by atoms with Gasteiger partial charge in [-0.05, 0) is 75.4 Å². The van der Waals surface area contributed by atoms with Crippen LogP contribution in [-0.4, -0.2) is 12.6 Å². The molecule has 0 saturated heterocycles. The zero-order chi connectivity index (χ0) is 24.9. The van der Waals surface area contributed by atoms with Crippen molar-refractivity contribution in [3.63, 3.8) is 0 Å². The van der Waals surface area contributed by atoms with E-state index >= 15 is 0 Å². The van der Waals surface area contributed by atoms with E-state index in [4.69, 9.17) is 9.47 Å². The maximum atomic E-state index is 14.1. The summed E-state index contributed by atoms with van der Waals surface area (Å²) in [6.45, 7) is 2.39. The Bertz CT molecular complexity index is 1660. The summed E-state index contributed by atoms with van der Waals surface area (Å²) in [6, 6.07) is 18.7. The third-order valence-corrected chi connectivity index (χ3v) is 8.07. The van der Waals surface area contributed by atoms with Crippen LogP contribution < -0.4 is 25.2 Å². The molecule has 2 aliphatic heterocycles. The molecule has 2 heterocycles. The summed E-state index contributed by atoms with van der Waals surface area (Å²) in [5.74, 6) is 1.25. The van der Waals surface area contributed by atoms with Crippen LogP contribution in [0, 0.1) is 11.8 Å². The van der Waals surface area contributed by atoms with E-state index in [2.05, 4.69) is 72.9 Å². The van der Waals surface area contributed by atoms with E-state index in [0.717, 1.165) is 12.1 Å². The molecule has 182 valence electrons. The summed E-state index contributed by atoms with van der Waals surface area (Å²) in [5, 5.41) is 5.91. The maximum Gasteiger partial charge on any atom is 0.231 e. The first-order chi connectivity index (χ1) is 18.2. The molecule has 4 nitrogen and oxygen atoms in total. The standard InChI is InChI=1S/C33H27NO3/c1-20-27(33(35)22-11-15-30-31(17-22)37-19-36-30)18-28-25-12-10-21-7-4-5-8-23(21)24(25)13-14-26(28)32(20)29-9-3-2-6-16-34-29/h2-9,11-18,20,27,32,34H,10,19H2,1H3. The van der Waals surface area contributed by atoms with Crippen LogP contribution in [0.25, 0.3) is 23.3 Å². The largest absolute Gasteiger partial charge is 0.454 e. The van der Waals surface area contributed by atoms with Gasteiger partial charge in [-0.1, -0.05) is 67.6 Å². The highest BCUT2D eigenvalue weighted by Gasteiger charge is 2.37. The van der Waals surface area contributed by atoms with Gasteiger partial charge in [-0.2, -0.15) is 0 Å². The van der Waals surface area contributed by atoms with Gasteiger partial charge < -0.3 is 14.8 Å². The molecule has 0 amide bonds. The quantitative estimate of drug-likeness (QED) is 0.531. The number of rotatable bonds is 3. The predicted molar refractivity (Wildman–Crippen MR) is 146 cm³/mol. The number of fused-ring (bicyclic) bond motifs is 6. The Morgan fingerprint density at radius 3 is 2.76 bits per heavy atom. The van der Waals surface area contributed by atoms with Crippen molar-refractivity contribution in [3.05, 3.63) is 118 Å². The number of allylic oxidation sites excluding steroid dienone is 5. The number of ether oxygens (including phenoxy) is 2. The van der Waals surface area contributed by atoms with E-state index in [-0.39, 0.29) is 30.3 Å². The number of ketones is 1. The Labute approximate surface area is 215 Å². The van der Waals surface area contributed by atoms with Crippen LogP contribution in [-0.2, 0) is 6.42 Å².